The van der Waals surface area contributed by atoms with Gasteiger partial charge in [0.05, 0.1) is 19.3 Å². The molecule has 0 amide bonds. The predicted molar refractivity (Wildman–Crippen MR) is 33.3 cm³/mol. The van der Waals surface area contributed by atoms with Crippen molar-refractivity contribution in [3.8, 4) is 0 Å². The number of hydrogen-bond acceptors (Lipinski definition) is 3. The highest BCUT2D eigenvalue weighted by Crippen LogP contribution is 2.31. The standard InChI is InChI=1S/C7H10O3/c1-6-4-9-7(10-6)2-3-8-5-7/h1,6H,2-5H2. The predicted octanol–water partition coefficient (Wildman–Crippen LogP) is 0.229. The molecule has 3 heteroatoms. The number of ether oxygens (including phenoxy) is 3. The second kappa shape index (κ2) is 2.19. The van der Waals surface area contributed by atoms with Gasteiger partial charge in [-0.15, -0.1) is 0 Å². The van der Waals surface area contributed by atoms with Crippen LogP contribution >= 0.6 is 0 Å². The summed E-state index contributed by atoms with van der Waals surface area (Å²) < 4.78 is 15.8. The van der Waals surface area contributed by atoms with Gasteiger partial charge >= 0.3 is 0 Å². The lowest BCUT2D eigenvalue weighted by Crippen LogP contribution is -2.30. The van der Waals surface area contributed by atoms with Crippen LogP contribution < -0.4 is 0 Å². The molecule has 0 aromatic heterocycles. The Bertz CT molecular complexity index is 129. The first kappa shape index (κ1) is 6.58. The molecular weight excluding hydrogens is 132 g/mol. The largest absolute Gasteiger partial charge is 0.376 e. The van der Waals surface area contributed by atoms with E-state index in [1.165, 1.54) is 0 Å². The smallest absolute Gasteiger partial charge is 0.194 e. The van der Waals surface area contributed by atoms with Gasteiger partial charge in [0.15, 0.2) is 5.79 Å². The van der Waals surface area contributed by atoms with Crippen LogP contribution in [0.2, 0.25) is 0 Å². The maximum atomic E-state index is 5.49. The molecule has 2 atom stereocenters. The molecule has 2 rings (SSSR count). The molecule has 2 unspecified atom stereocenters. The molecule has 0 N–H and O–H groups in total. The summed E-state index contributed by atoms with van der Waals surface area (Å²) in [4.78, 5) is 0. The topological polar surface area (TPSA) is 27.7 Å². The molecule has 1 spiro atoms. The molecule has 2 heterocycles. The van der Waals surface area contributed by atoms with Gasteiger partial charge in [0, 0.05) is 6.42 Å². The van der Waals surface area contributed by atoms with Gasteiger partial charge in [-0.05, 0) is 6.92 Å². The number of rotatable bonds is 0. The summed E-state index contributed by atoms with van der Waals surface area (Å²) in [6.07, 6.45) is 0.544. The molecule has 0 aromatic rings. The zero-order valence-electron chi connectivity index (χ0n) is 5.71. The minimum Gasteiger partial charge on any atom is -0.376 e. The van der Waals surface area contributed by atoms with E-state index in [4.69, 9.17) is 21.1 Å². The summed E-state index contributed by atoms with van der Waals surface area (Å²) in [6.45, 7) is 7.22. The lowest BCUT2D eigenvalue weighted by Gasteiger charge is -2.18. The Morgan fingerprint density at radius 2 is 2.40 bits per heavy atom. The molecule has 56 valence electrons. The molecule has 0 saturated carbocycles. The third-order valence-corrected chi connectivity index (χ3v) is 1.83. The Kier molecular flexibility index (Phi) is 1.44. The van der Waals surface area contributed by atoms with Crippen LogP contribution in [0, 0.1) is 6.92 Å². The first-order valence-electron chi connectivity index (χ1n) is 3.46. The summed E-state index contributed by atoms with van der Waals surface area (Å²) in [5.74, 6) is -0.487. The molecule has 0 aromatic carbocycles. The van der Waals surface area contributed by atoms with Gasteiger partial charge in [0.25, 0.3) is 0 Å². The van der Waals surface area contributed by atoms with Crippen molar-refractivity contribution >= 4 is 0 Å². The van der Waals surface area contributed by atoms with Crippen molar-refractivity contribution in [1.82, 2.24) is 0 Å². The van der Waals surface area contributed by atoms with Crippen LogP contribution in [-0.2, 0) is 14.2 Å². The van der Waals surface area contributed by atoms with Gasteiger partial charge in [0.2, 0.25) is 0 Å². The highest BCUT2D eigenvalue weighted by Gasteiger charge is 2.43. The first-order valence-corrected chi connectivity index (χ1v) is 3.46. The highest BCUT2D eigenvalue weighted by molar-refractivity contribution is 4.83. The summed E-state index contributed by atoms with van der Waals surface area (Å²) in [5, 5.41) is 0. The van der Waals surface area contributed by atoms with E-state index in [1.807, 2.05) is 0 Å². The second-order valence-corrected chi connectivity index (χ2v) is 2.68. The monoisotopic (exact) mass is 142 g/mol. The molecule has 0 bridgehead atoms. The van der Waals surface area contributed by atoms with Gasteiger partial charge in [-0.2, -0.15) is 0 Å². The van der Waals surface area contributed by atoms with Gasteiger partial charge < -0.3 is 14.2 Å². The molecule has 2 aliphatic heterocycles. The van der Waals surface area contributed by atoms with Crippen LogP contribution in [0.4, 0.5) is 0 Å². The fourth-order valence-corrected chi connectivity index (χ4v) is 1.31. The Balaban J connectivity index is 2.03. The van der Waals surface area contributed by atoms with Crippen LogP contribution in [0.5, 0.6) is 0 Å². The Morgan fingerprint density at radius 1 is 1.50 bits per heavy atom. The van der Waals surface area contributed by atoms with Crippen molar-refractivity contribution in [2.45, 2.75) is 18.3 Å². The SMILES string of the molecule is [CH]C1COC2(CCOC2)O1. The molecule has 2 aliphatic rings. The van der Waals surface area contributed by atoms with Crippen LogP contribution in [-0.4, -0.2) is 31.7 Å². The minimum atomic E-state index is -0.487. The van der Waals surface area contributed by atoms with Crippen LogP contribution in [0.15, 0.2) is 0 Å². The van der Waals surface area contributed by atoms with Crippen molar-refractivity contribution in [2.75, 3.05) is 19.8 Å². The summed E-state index contributed by atoms with van der Waals surface area (Å²) in [5.41, 5.74) is 0. The van der Waals surface area contributed by atoms with E-state index >= 15 is 0 Å². The minimum absolute atomic E-state index is 0.262. The van der Waals surface area contributed by atoms with Gasteiger partial charge in [0.1, 0.15) is 6.61 Å². The van der Waals surface area contributed by atoms with E-state index in [-0.39, 0.29) is 6.10 Å². The van der Waals surface area contributed by atoms with Crippen LogP contribution in [0.3, 0.4) is 0 Å². The average molecular weight is 142 g/mol. The zero-order valence-corrected chi connectivity index (χ0v) is 5.71. The van der Waals surface area contributed by atoms with Crippen molar-refractivity contribution in [2.24, 2.45) is 0 Å². The average Bonchev–Trinajstić information content (AvgIpc) is 2.46. The van der Waals surface area contributed by atoms with E-state index in [1.54, 1.807) is 0 Å². The van der Waals surface area contributed by atoms with E-state index in [0.29, 0.717) is 19.8 Å². The third-order valence-electron chi connectivity index (χ3n) is 1.83. The van der Waals surface area contributed by atoms with Gasteiger partial charge in [-0.25, -0.2) is 0 Å². The fraction of sp³-hybridized carbons (Fsp3) is 0.857. The molecule has 3 nitrogen and oxygen atoms in total. The van der Waals surface area contributed by atoms with Crippen molar-refractivity contribution < 1.29 is 14.2 Å². The normalized spacial score (nSPS) is 47.1. The molecular formula is C7H10O3. The molecule has 0 aliphatic carbocycles. The Labute approximate surface area is 60.3 Å². The Hall–Kier alpha value is -0.120. The lowest BCUT2D eigenvalue weighted by atomic mass is 10.2. The van der Waals surface area contributed by atoms with Crippen LogP contribution in [0.25, 0.3) is 0 Å². The summed E-state index contributed by atoms with van der Waals surface area (Å²) >= 11 is 0. The molecule has 2 fully saturated rings. The zero-order chi connectivity index (χ0) is 7.03. The van der Waals surface area contributed by atoms with Crippen molar-refractivity contribution in [1.29, 1.82) is 0 Å². The van der Waals surface area contributed by atoms with E-state index in [9.17, 15) is 0 Å². The number of hydrogen-bond donors (Lipinski definition) is 0. The van der Waals surface area contributed by atoms with E-state index in [0.717, 1.165) is 6.42 Å². The fourth-order valence-electron chi connectivity index (χ4n) is 1.31. The van der Waals surface area contributed by atoms with E-state index < -0.39 is 5.79 Å². The van der Waals surface area contributed by atoms with Gasteiger partial charge in [-0.3, -0.25) is 0 Å². The molecule has 10 heavy (non-hydrogen) atoms. The maximum Gasteiger partial charge on any atom is 0.194 e. The van der Waals surface area contributed by atoms with Crippen LogP contribution in [0.1, 0.15) is 6.42 Å². The summed E-state index contributed by atoms with van der Waals surface area (Å²) in [7, 11) is 0. The quantitative estimate of drug-likeness (QED) is 0.484. The Morgan fingerprint density at radius 3 is 2.90 bits per heavy atom. The molecule has 2 radical (unpaired) electrons. The van der Waals surface area contributed by atoms with E-state index in [2.05, 4.69) is 0 Å². The van der Waals surface area contributed by atoms with Crippen molar-refractivity contribution in [3.05, 3.63) is 6.92 Å². The van der Waals surface area contributed by atoms with Gasteiger partial charge in [-0.1, -0.05) is 0 Å². The highest BCUT2D eigenvalue weighted by atomic mass is 16.8. The maximum absolute atomic E-state index is 5.49. The third kappa shape index (κ3) is 0.944. The summed E-state index contributed by atoms with van der Waals surface area (Å²) in [6, 6.07) is 0. The first-order chi connectivity index (χ1) is 4.81. The van der Waals surface area contributed by atoms with Crippen molar-refractivity contribution in [3.63, 3.8) is 0 Å². The lowest BCUT2D eigenvalue weighted by molar-refractivity contribution is -0.160. The second-order valence-electron chi connectivity index (χ2n) is 2.68. The molecule has 2 saturated heterocycles.